The van der Waals surface area contributed by atoms with Gasteiger partial charge in [0.15, 0.2) is 0 Å². The molecule has 3 unspecified atom stereocenters. The van der Waals surface area contributed by atoms with Crippen LogP contribution in [0.25, 0.3) is 0 Å². The molecule has 7 aliphatic rings. The maximum Gasteiger partial charge on any atom is 0.148 e. The van der Waals surface area contributed by atoms with E-state index >= 15 is 0 Å². The Kier molecular flexibility index (Phi) is 3.80. The molecule has 5 saturated carbocycles. The number of methoxy groups -OCH3 is 2. The normalized spacial score (nSPS) is 65.8. The van der Waals surface area contributed by atoms with E-state index in [1.54, 1.807) is 7.11 Å². The molecular formula is C24H37NO6. The van der Waals surface area contributed by atoms with Crippen molar-refractivity contribution in [3.63, 3.8) is 0 Å². The molecule has 2 saturated heterocycles. The maximum atomic E-state index is 12.3. The number of aliphatic hydroxyl groups excluding tert-OH is 2. The first-order chi connectivity index (χ1) is 14.9. The lowest BCUT2D eigenvalue weighted by Gasteiger charge is -2.69. The van der Waals surface area contributed by atoms with Gasteiger partial charge in [0, 0.05) is 50.4 Å². The van der Waals surface area contributed by atoms with Crippen LogP contribution < -0.4 is 0 Å². The molecule has 0 aromatic carbocycles. The summed E-state index contributed by atoms with van der Waals surface area (Å²) in [6, 6.07) is 0.0358. The van der Waals surface area contributed by atoms with Crippen LogP contribution in [0.5, 0.6) is 0 Å². The number of fused-ring (bicyclic) bond motifs is 1. The van der Waals surface area contributed by atoms with Crippen molar-refractivity contribution in [2.75, 3.05) is 34.1 Å². The third kappa shape index (κ3) is 1.74. The highest BCUT2D eigenvalue weighted by Crippen LogP contribution is 2.82. The Morgan fingerprint density at radius 1 is 1.16 bits per heavy atom. The molecule has 7 rings (SSSR count). The summed E-state index contributed by atoms with van der Waals surface area (Å²) in [6.07, 6.45) is 2.51. The summed E-state index contributed by atoms with van der Waals surface area (Å²) >= 11 is 0. The number of rotatable bonds is 3. The van der Waals surface area contributed by atoms with Crippen LogP contribution >= 0.6 is 0 Å². The molecule has 3 spiro atoms. The fourth-order valence-electron chi connectivity index (χ4n) is 11.2. The van der Waals surface area contributed by atoms with Gasteiger partial charge in [0.25, 0.3) is 0 Å². The summed E-state index contributed by atoms with van der Waals surface area (Å²) < 4.78 is 25.5. The second kappa shape index (κ2) is 5.85. The molecule has 31 heavy (non-hydrogen) atoms. The number of aliphatic hydroxyl groups is 2. The van der Waals surface area contributed by atoms with Crippen LogP contribution in [0.15, 0.2) is 0 Å². The van der Waals surface area contributed by atoms with E-state index in [9.17, 15) is 10.2 Å². The molecule has 174 valence electrons. The Bertz CT molecular complexity index is 811. The van der Waals surface area contributed by atoms with E-state index in [0.29, 0.717) is 6.42 Å². The maximum absolute atomic E-state index is 12.3. The van der Waals surface area contributed by atoms with Gasteiger partial charge in [-0.15, -0.1) is 0 Å². The third-order valence-electron chi connectivity index (χ3n) is 11.6. The molecule has 13 atom stereocenters. The predicted octanol–water partition coefficient (Wildman–Crippen LogP) is 1.01. The molecule has 0 amide bonds. The largest absolute Gasteiger partial charge is 0.392 e. The van der Waals surface area contributed by atoms with Gasteiger partial charge in [-0.25, -0.2) is 0 Å². The summed E-state index contributed by atoms with van der Waals surface area (Å²) in [6.45, 7) is 6.68. The zero-order valence-corrected chi connectivity index (χ0v) is 19.1. The third-order valence-corrected chi connectivity index (χ3v) is 11.6. The minimum Gasteiger partial charge on any atom is -0.392 e. The molecular weight excluding hydrogens is 398 g/mol. The molecule has 0 aromatic heterocycles. The number of hydrogen-bond acceptors (Lipinski definition) is 7. The Morgan fingerprint density at radius 2 is 1.97 bits per heavy atom. The number of hydrogen-bond donors (Lipinski definition) is 2. The van der Waals surface area contributed by atoms with Gasteiger partial charge in [0.1, 0.15) is 18.0 Å². The number of ether oxygens (including phenoxy) is 4. The molecule has 2 N–H and O–H groups in total. The van der Waals surface area contributed by atoms with Gasteiger partial charge in [-0.05, 0) is 37.1 Å². The molecule has 2 heterocycles. The van der Waals surface area contributed by atoms with Crippen LogP contribution in [0.1, 0.15) is 39.5 Å². The topological polar surface area (TPSA) is 80.6 Å². The highest BCUT2D eigenvalue weighted by Gasteiger charge is 2.93. The van der Waals surface area contributed by atoms with E-state index in [2.05, 4.69) is 18.7 Å². The van der Waals surface area contributed by atoms with Crippen molar-refractivity contribution in [3.8, 4) is 0 Å². The van der Waals surface area contributed by atoms with Crippen molar-refractivity contribution in [2.45, 2.75) is 81.2 Å². The number of nitrogens with zero attached hydrogens (tertiary/aromatic N) is 1. The van der Waals surface area contributed by atoms with Crippen molar-refractivity contribution in [1.82, 2.24) is 4.90 Å². The van der Waals surface area contributed by atoms with Crippen LogP contribution in [-0.2, 0) is 18.9 Å². The van der Waals surface area contributed by atoms with Crippen LogP contribution in [0.4, 0.5) is 0 Å². The highest BCUT2D eigenvalue weighted by molar-refractivity contribution is 5.42. The smallest absolute Gasteiger partial charge is 0.148 e. The Hall–Kier alpha value is -0.280. The Balaban J connectivity index is 1.57. The number of likely N-dealkylation sites (N-methyl/N-ethyl adjacent to an activating group) is 1. The van der Waals surface area contributed by atoms with Crippen molar-refractivity contribution in [1.29, 1.82) is 0 Å². The van der Waals surface area contributed by atoms with Gasteiger partial charge < -0.3 is 29.2 Å². The average molecular weight is 436 g/mol. The van der Waals surface area contributed by atoms with Crippen LogP contribution in [0.3, 0.4) is 0 Å². The first-order valence-corrected chi connectivity index (χ1v) is 12.3. The summed E-state index contributed by atoms with van der Waals surface area (Å²) in [5.41, 5.74) is -1.80. The molecule has 7 heteroatoms. The number of likely N-dealkylation sites (tertiary alicyclic amines) is 1. The van der Waals surface area contributed by atoms with Gasteiger partial charge in [0.05, 0.1) is 30.5 Å². The minimum atomic E-state index is -0.846. The Labute approximate surface area is 184 Å². The lowest BCUT2D eigenvalue weighted by atomic mass is 9.43. The highest BCUT2D eigenvalue weighted by atomic mass is 16.7. The van der Waals surface area contributed by atoms with E-state index < -0.39 is 23.4 Å². The molecule has 7 bridgehead atoms. The zero-order chi connectivity index (χ0) is 21.6. The van der Waals surface area contributed by atoms with E-state index in [4.69, 9.17) is 18.9 Å². The van der Waals surface area contributed by atoms with E-state index in [1.165, 1.54) is 0 Å². The molecule has 0 radical (unpaired) electrons. The van der Waals surface area contributed by atoms with Crippen LogP contribution in [-0.4, -0.2) is 90.9 Å². The average Bonchev–Trinajstić information content (AvgIpc) is 3.30. The van der Waals surface area contributed by atoms with E-state index in [-0.39, 0.29) is 59.5 Å². The van der Waals surface area contributed by atoms with Crippen molar-refractivity contribution >= 4 is 0 Å². The first kappa shape index (κ1) is 20.1. The van der Waals surface area contributed by atoms with Gasteiger partial charge in [-0.3, -0.25) is 4.90 Å². The van der Waals surface area contributed by atoms with Crippen molar-refractivity contribution in [2.24, 2.45) is 34.5 Å². The summed E-state index contributed by atoms with van der Waals surface area (Å²) in [5, 5.41) is 24.0. The zero-order valence-electron chi connectivity index (χ0n) is 19.1. The first-order valence-electron chi connectivity index (χ1n) is 12.3. The molecule has 7 nitrogen and oxygen atoms in total. The second-order valence-electron chi connectivity index (χ2n) is 11.9. The fourth-order valence-corrected chi connectivity index (χ4v) is 11.2. The molecule has 2 aliphatic heterocycles. The standard InChI is InChI=1S/C24H37NO6/c1-5-25-10-21(2)7-6-15(29-4)23-13-8-12-14(28-3)9-22(16(13)17(12)26)24(20(23)25,31-11-30-22)19(27)18(21)23/h12-20,26-27H,5-11H2,1-4H3/t12-,13-,14+,15+,16-,17?,18?,19+,20?,21+,22-,23+,24+/m1/s1. The summed E-state index contributed by atoms with van der Waals surface area (Å²) in [7, 11) is 3.59. The minimum absolute atomic E-state index is 0.0000689. The Morgan fingerprint density at radius 3 is 2.68 bits per heavy atom. The van der Waals surface area contributed by atoms with Gasteiger partial charge in [0.2, 0.25) is 0 Å². The van der Waals surface area contributed by atoms with Gasteiger partial charge in [-0.1, -0.05) is 13.8 Å². The van der Waals surface area contributed by atoms with Crippen molar-refractivity contribution in [3.05, 3.63) is 0 Å². The fraction of sp³-hybridized carbons (Fsp3) is 1.00. The van der Waals surface area contributed by atoms with Gasteiger partial charge in [-0.2, -0.15) is 0 Å². The lowest BCUT2D eigenvalue weighted by molar-refractivity contribution is -0.281. The monoisotopic (exact) mass is 435 g/mol. The quantitative estimate of drug-likeness (QED) is 0.685. The molecule has 5 aliphatic carbocycles. The van der Waals surface area contributed by atoms with Crippen LogP contribution in [0.2, 0.25) is 0 Å². The SMILES string of the molecule is CCN1C[C@]2(C)CC[C@H](OC)[C@]34C2[C@H](O)[C@]2(OCO[C@@]25C[C@H](OC)[C@H]2C[C@@H]3[C@@H]5C2O)C14. The van der Waals surface area contributed by atoms with Crippen LogP contribution in [0, 0.1) is 34.5 Å². The summed E-state index contributed by atoms with van der Waals surface area (Å²) in [5.74, 6) is 0.388. The molecule has 0 aromatic rings. The molecule has 7 fully saturated rings. The van der Waals surface area contributed by atoms with Crippen molar-refractivity contribution < 1.29 is 29.2 Å². The second-order valence-corrected chi connectivity index (χ2v) is 11.9. The number of piperidine rings is 1. The van der Waals surface area contributed by atoms with E-state index in [1.807, 2.05) is 7.11 Å². The lowest BCUT2D eigenvalue weighted by Crippen LogP contribution is -2.80. The predicted molar refractivity (Wildman–Crippen MR) is 110 cm³/mol. The van der Waals surface area contributed by atoms with E-state index in [0.717, 1.165) is 32.4 Å². The van der Waals surface area contributed by atoms with Gasteiger partial charge >= 0.3 is 0 Å². The summed E-state index contributed by atoms with van der Waals surface area (Å²) in [4.78, 5) is 2.59.